The van der Waals surface area contributed by atoms with E-state index in [4.69, 9.17) is 5.10 Å². The number of thiophene rings is 1. The fraction of sp³-hybridized carbons (Fsp3) is 0.500. The molecule has 2 aliphatic heterocycles. The number of likely N-dealkylation sites (tertiary alicyclic amines) is 1. The summed E-state index contributed by atoms with van der Waals surface area (Å²) in [5.74, 6) is 2.22. The number of piperidine rings is 2. The van der Waals surface area contributed by atoms with E-state index in [9.17, 15) is 4.79 Å². The van der Waals surface area contributed by atoms with Crippen molar-refractivity contribution in [1.29, 1.82) is 0 Å². The number of nitrogens with zero attached hydrogens (tertiary/aromatic N) is 6. The van der Waals surface area contributed by atoms with Gasteiger partial charge in [0.25, 0.3) is 0 Å². The van der Waals surface area contributed by atoms with E-state index in [2.05, 4.69) is 25.4 Å². The molecule has 2 aliphatic rings. The molecule has 2 fully saturated rings. The van der Waals surface area contributed by atoms with Crippen molar-refractivity contribution < 1.29 is 4.79 Å². The van der Waals surface area contributed by atoms with Crippen molar-refractivity contribution in [3.63, 3.8) is 0 Å². The van der Waals surface area contributed by atoms with Crippen LogP contribution in [0.5, 0.6) is 0 Å². The molecule has 0 N–H and O–H groups in total. The molecule has 5 heterocycles. The van der Waals surface area contributed by atoms with Crippen molar-refractivity contribution in [2.75, 3.05) is 31.1 Å². The molecule has 8 heteroatoms. The number of fused-ring (bicyclic) bond motifs is 1. The topological polar surface area (TPSA) is 66.6 Å². The first-order chi connectivity index (χ1) is 13.8. The van der Waals surface area contributed by atoms with E-state index in [0.29, 0.717) is 5.91 Å². The van der Waals surface area contributed by atoms with Gasteiger partial charge < -0.3 is 9.80 Å². The third kappa shape index (κ3) is 3.26. The monoisotopic (exact) mass is 396 g/mol. The number of carbonyl (C=O) groups is 1. The smallest absolute Gasteiger partial charge is 0.225 e. The van der Waals surface area contributed by atoms with Crippen molar-refractivity contribution in [2.24, 2.45) is 5.92 Å². The fourth-order valence-electron chi connectivity index (χ4n) is 4.25. The Morgan fingerprint density at radius 1 is 1.00 bits per heavy atom. The highest BCUT2D eigenvalue weighted by Crippen LogP contribution is 2.26. The van der Waals surface area contributed by atoms with Crippen molar-refractivity contribution in [3.8, 4) is 11.4 Å². The Kier molecular flexibility index (Phi) is 4.72. The van der Waals surface area contributed by atoms with Crippen molar-refractivity contribution in [1.82, 2.24) is 24.7 Å². The number of anilines is 1. The second-order valence-electron chi connectivity index (χ2n) is 7.64. The zero-order valence-electron chi connectivity index (χ0n) is 15.8. The van der Waals surface area contributed by atoms with E-state index in [0.717, 1.165) is 74.7 Å². The van der Waals surface area contributed by atoms with Gasteiger partial charge in [0.1, 0.15) is 5.82 Å². The molecule has 5 rings (SSSR count). The highest BCUT2D eigenvalue weighted by atomic mass is 32.1. The van der Waals surface area contributed by atoms with Crippen LogP contribution < -0.4 is 4.90 Å². The Morgan fingerprint density at radius 2 is 1.82 bits per heavy atom. The van der Waals surface area contributed by atoms with Gasteiger partial charge >= 0.3 is 0 Å². The standard InChI is InChI=1S/C20H24N6OS/c27-20(25-9-2-1-3-10-25)15-6-11-24(12-7-15)18-5-4-17-21-22-19(26(17)23-18)16-8-13-28-14-16/h4-5,8,13-15H,1-3,6-7,9-12H2. The van der Waals surface area contributed by atoms with Gasteiger partial charge in [-0.2, -0.15) is 15.9 Å². The summed E-state index contributed by atoms with van der Waals surface area (Å²) >= 11 is 1.64. The molecule has 0 radical (unpaired) electrons. The Balaban J connectivity index is 1.30. The molecular weight excluding hydrogens is 372 g/mol. The number of hydrogen-bond donors (Lipinski definition) is 0. The minimum atomic E-state index is 0.161. The molecule has 0 atom stereocenters. The van der Waals surface area contributed by atoms with Crippen molar-refractivity contribution in [2.45, 2.75) is 32.1 Å². The SMILES string of the molecule is O=C(C1CCN(c2ccc3nnc(-c4ccsc4)n3n2)CC1)N1CCCCC1. The molecular formula is C20H24N6OS. The van der Waals surface area contributed by atoms with Gasteiger partial charge in [0.05, 0.1) is 0 Å². The first-order valence-electron chi connectivity index (χ1n) is 10.1. The molecule has 3 aromatic rings. The molecule has 7 nitrogen and oxygen atoms in total. The maximum atomic E-state index is 12.8. The van der Waals surface area contributed by atoms with Gasteiger partial charge in [-0.15, -0.1) is 15.3 Å². The lowest BCUT2D eigenvalue weighted by molar-refractivity contribution is -0.137. The van der Waals surface area contributed by atoms with E-state index in [-0.39, 0.29) is 5.92 Å². The van der Waals surface area contributed by atoms with Crippen LogP contribution in [0.25, 0.3) is 17.0 Å². The van der Waals surface area contributed by atoms with E-state index >= 15 is 0 Å². The largest absolute Gasteiger partial charge is 0.355 e. The highest BCUT2D eigenvalue weighted by molar-refractivity contribution is 7.08. The van der Waals surface area contributed by atoms with Gasteiger partial charge in [-0.05, 0) is 55.7 Å². The number of rotatable bonds is 3. The van der Waals surface area contributed by atoms with E-state index < -0.39 is 0 Å². The molecule has 0 aliphatic carbocycles. The summed E-state index contributed by atoms with van der Waals surface area (Å²) < 4.78 is 1.82. The molecule has 2 saturated heterocycles. The van der Waals surface area contributed by atoms with Gasteiger partial charge in [-0.25, -0.2) is 0 Å². The predicted molar refractivity (Wildman–Crippen MR) is 109 cm³/mol. The molecule has 1 amide bonds. The Morgan fingerprint density at radius 3 is 2.57 bits per heavy atom. The van der Waals surface area contributed by atoms with Crippen molar-refractivity contribution >= 4 is 28.7 Å². The van der Waals surface area contributed by atoms with Gasteiger partial charge in [0.15, 0.2) is 11.5 Å². The number of carbonyl (C=O) groups excluding carboxylic acids is 1. The molecule has 28 heavy (non-hydrogen) atoms. The molecule has 146 valence electrons. The maximum Gasteiger partial charge on any atom is 0.225 e. The van der Waals surface area contributed by atoms with Gasteiger partial charge in [-0.1, -0.05) is 0 Å². The molecule has 0 spiro atoms. The highest BCUT2D eigenvalue weighted by Gasteiger charge is 2.29. The first-order valence-corrected chi connectivity index (χ1v) is 11.0. The van der Waals surface area contributed by atoms with Crippen molar-refractivity contribution in [3.05, 3.63) is 29.0 Å². The normalized spacial score (nSPS) is 18.7. The second-order valence-corrected chi connectivity index (χ2v) is 8.42. The number of hydrogen-bond acceptors (Lipinski definition) is 6. The summed E-state index contributed by atoms with van der Waals surface area (Å²) in [5, 5.41) is 17.4. The van der Waals surface area contributed by atoms with Crippen LogP contribution in [0.15, 0.2) is 29.0 Å². The molecule has 3 aromatic heterocycles. The van der Waals surface area contributed by atoms with E-state index in [1.807, 2.05) is 28.1 Å². The summed E-state index contributed by atoms with van der Waals surface area (Å²) in [5.41, 5.74) is 1.79. The van der Waals surface area contributed by atoms with E-state index in [1.54, 1.807) is 11.3 Å². The molecule has 0 unspecified atom stereocenters. The van der Waals surface area contributed by atoms with Gasteiger partial charge in [0, 0.05) is 43.0 Å². The summed E-state index contributed by atoms with van der Waals surface area (Å²) in [6.07, 6.45) is 5.36. The van der Waals surface area contributed by atoms with Crippen LogP contribution in [0.3, 0.4) is 0 Å². The second kappa shape index (κ2) is 7.50. The lowest BCUT2D eigenvalue weighted by Gasteiger charge is -2.36. The third-order valence-corrected chi connectivity index (χ3v) is 6.55. The summed E-state index contributed by atoms with van der Waals surface area (Å²) in [7, 11) is 0. The number of amides is 1. The molecule has 0 bridgehead atoms. The summed E-state index contributed by atoms with van der Waals surface area (Å²) in [6, 6.07) is 6.01. The van der Waals surface area contributed by atoms with Gasteiger partial charge in [-0.3, -0.25) is 4.79 Å². The first kappa shape index (κ1) is 17.6. The van der Waals surface area contributed by atoms with Crippen LogP contribution in [0, 0.1) is 5.92 Å². The minimum absolute atomic E-state index is 0.161. The Labute approximate surface area is 168 Å². The fourth-order valence-corrected chi connectivity index (χ4v) is 4.88. The van der Waals surface area contributed by atoms with Gasteiger partial charge in [0.2, 0.25) is 5.91 Å². The quantitative estimate of drug-likeness (QED) is 0.681. The van der Waals surface area contributed by atoms with Crippen LogP contribution in [-0.2, 0) is 4.79 Å². The maximum absolute atomic E-state index is 12.8. The van der Waals surface area contributed by atoms with E-state index in [1.165, 1.54) is 6.42 Å². The Bertz CT molecular complexity index is 954. The van der Waals surface area contributed by atoms with Crippen LogP contribution >= 0.6 is 11.3 Å². The average Bonchev–Trinajstić information content (AvgIpc) is 3.43. The summed E-state index contributed by atoms with van der Waals surface area (Å²) in [6.45, 7) is 3.60. The predicted octanol–water partition coefficient (Wildman–Crippen LogP) is 3.08. The minimum Gasteiger partial charge on any atom is -0.355 e. The van der Waals surface area contributed by atoms with Crippen LogP contribution in [0.4, 0.5) is 5.82 Å². The van der Waals surface area contributed by atoms with Crippen LogP contribution in [0.2, 0.25) is 0 Å². The number of aromatic nitrogens is 4. The molecule has 0 aromatic carbocycles. The summed E-state index contributed by atoms with van der Waals surface area (Å²) in [4.78, 5) is 17.1. The van der Waals surface area contributed by atoms with Crippen LogP contribution in [0.1, 0.15) is 32.1 Å². The Hall–Kier alpha value is -2.48. The third-order valence-electron chi connectivity index (χ3n) is 5.86. The van der Waals surface area contributed by atoms with Crippen LogP contribution in [-0.4, -0.2) is 56.8 Å². The zero-order chi connectivity index (χ0) is 18.9. The lowest BCUT2D eigenvalue weighted by atomic mass is 9.94. The average molecular weight is 397 g/mol. The lowest BCUT2D eigenvalue weighted by Crippen LogP contribution is -2.44. The molecule has 0 saturated carbocycles. The zero-order valence-corrected chi connectivity index (χ0v) is 16.6.